The Hall–Kier alpha value is -3.88. The fourth-order valence-electron chi connectivity index (χ4n) is 3.44. The van der Waals surface area contributed by atoms with Gasteiger partial charge in [-0.15, -0.1) is 0 Å². The molecule has 0 aliphatic carbocycles. The molecule has 1 aromatic carbocycles. The predicted molar refractivity (Wildman–Crippen MR) is 112 cm³/mol. The number of nitrogen functional groups attached to an aromatic ring is 1. The quantitative estimate of drug-likeness (QED) is 0.656. The lowest BCUT2D eigenvalue weighted by atomic mass is 10.1. The van der Waals surface area contributed by atoms with Gasteiger partial charge in [-0.25, -0.2) is 14.5 Å². The molecule has 154 valence electrons. The van der Waals surface area contributed by atoms with Gasteiger partial charge >= 0.3 is 5.97 Å². The van der Waals surface area contributed by atoms with Gasteiger partial charge in [-0.1, -0.05) is 6.07 Å². The SMILES string of the molecule is COC(=O)c1cnn(-c2ccc(C(=O)N3CCN(c4ccccn4)CC3)cc2)c1N. The molecule has 1 saturated heterocycles. The number of hydrogen-bond donors (Lipinski definition) is 1. The molecule has 4 rings (SSSR count). The third kappa shape index (κ3) is 3.69. The minimum atomic E-state index is -0.546. The summed E-state index contributed by atoms with van der Waals surface area (Å²) in [6, 6.07) is 12.8. The Morgan fingerprint density at radius 3 is 2.40 bits per heavy atom. The lowest BCUT2D eigenvalue weighted by Crippen LogP contribution is -2.49. The third-order valence-corrected chi connectivity index (χ3v) is 5.11. The van der Waals surface area contributed by atoms with Crippen molar-refractivity contribution in [1.29, 1.82) is 0 Å². The number of esters is 1. The molecular formula is C21H22N6O3. The number of benzene rings is 1. The van der Waals surface area contributed by atoms with Gasteiger partial charge in [0.25, 0.3) is 5.91 Å². The molecule has 0 radical (unpaired) electrons. The number of anilines is 2. The van der Waals surface area contributed by atoms with Gasteiger partial charge in [-0.3, -0.25) is 4.79 Å². The highest BCUT2D eigenvalue weighted by atomic mass is 16.5. The van der Waals surface area contributed by atoms with Crippen molar-refractivity contribution in [3.05, 3.63) is 66.0 Å². The van der Waals surface area contributed by atoms with Crippen LogP contribution in [-0.4, -0.2) is 64.8 Å². The summed E-state index contributed by atoms with van der Waals surface area (Å²) in [5.41, 5.74) is 7.44. The van der Waals surface area contributed by atoms with Gasteiger partial charge in [-0.05, 0) is 36.4 Å². The first-order valence-corrected chi connectivity index (χ1v) is 9.56. The van der Waals surface area contributed by atoms with Gasteiger partial charge in [0.1, 0.15) is 17.2 Å². The number of nitrogens with two attached hydrogens (primary N) is 1. The van der Waals surface area contributed by atoms with E-state index in [0.717, 1.165) is 18.9 Å². The van der Waals surface area contributed by atoms with E-state index in [0.29, 0.717) is 24.3 Å². The molecule has 0 saturated carbocycles. The van der Waals surface area contributed by atoms with Gasteiger partial charge in [0.15, 0.2) is 0 Å². The molecule has 1 fully saturated rings. The lowest BCUT2D eigenvalue weighted by molar-refractivity contribution is 0.0601. The number of ether oxygens (including phenoxy) is 1. The second kappa shape index (κ2) is 8.24. The maximum atomic E-state index is 12.9. The normalized spacial score (nSPS) is 13.9. The second-order valence-corrected chi connectivity index (χ2v) is 6.86. The highest BCUT2D eigenvalue weighted by Gasteiger charge is 2.23. The minimum Gasteiger partial charge on any atom is -0.465 e. The van der Waals surface area contributed by atoms with Crippen LogP contribution in [0, 0.1) is 0 Å². The van der Waals surface area contributed by atoms with Gasteiger partial charge in [0, 0.05) is 37.9 Å². The van der Waals surface area contributed by atoms with Crippen LogP contribution in [0.4, 0.5) is 11.6 Å². The molecule has 2 aromatic heterocycles. The number of hydrogen-bond acceptors (Lipinski definition) is 7. The van der Waals surface area contributed by atoms with Crippen molar-refractivity contribution in [2.45, 2.75) is 0 Å². The number of amides is 1. The Bertz CT molecular complexity index is 1040. The van der Waals surface area contributed by atoms with Crippen LogP contribution in [-0.2, 0) is 4.74 Å². The Balaban J connectivity index is 1.43. The van der Waals surface area contributed by atoms with E-state index in [1.807, 2.05) is 23.1 Å². The number of piperazine rings is 1. The van der Waals surface area contributed by atoms with Crippen molar-refractivity contribution in [3.8, 4) is 5.69 Å². The van der Waals surface area contributed by atoms with Crippen LogP contribution in [0.1, 0.15) is 20.7 Å². The fraction of sp³-hybridized carbons (Fsp3) is 0.238. The van der Waals surface area contributed by atoms with E-state index in [9.17, 15) is 9.59 Å². The molecule has 0 unspecified atom stereocenters. The summed E-state index contributed by atoms with van der Waals surface area (Å²) in [5.74, 6) is 0.546. The smallest absolute Gasteiger partial charge is 0.343 e. The molecule has 2 N–H and O–H groups in total. The molecule has 0 bridgehead atoms. The van der Waals surface area contributed by atoms with Crippen molar-refractivity contribution in [2.24, 2.45) is 0 Å². The molecule has 1 amide bonds. The van der Waals surface area contributed by atoms with Crippen LogP contribution in [0.25, 0.3) is 5.69 Å². The third-order valence-electron chi connectivity index (χ3n) is 5.11. The van der Waals surface area contributed by atoms with E-state index in [1.54, 1.807) is 30.5 Å². The molecule has 30 heavy (non-hydrogen) atoms. The zero-order valence-electron chi connectivity index (χ0n) is 16.6. The minimum absolute atomic E-state index is 0.0223. The summed E-state index contributed by atoms with van der Waals surface area (Å²) in [4.78, 5) is 33.0. The van der Waals surface area contributed by atoms with Crippen molar-refractivity contribution in [1.82, 2.24) is 19.7 Å². The number of rotatable bonds is 4. The first-order chi connectivity index (χ1) is 14.6. The van der Waals surface area contributed by atoms with Crippen molar-refractivity contribution < 1.29 is 14.3 Å². The molecule has 9 heteroatoms. The van der Waals surface area contributed by atoms with Crippen LogP contribution in [0.5, 0.6) is 0 Å². The summed E-state index contributed by atoms with van der Waals surface area (Å²) in [6.07, 6.45) is 3.14. The van der Waals surface area contributed by atoms with Crippen LogP contribution in [0.15, 0.2) is 54.9 Å². The molecule has 0 atom stereocenters. The van der Waals surface area contributed by atoms with E-state index >= 15 is 0 Å². The highest BCUT2D eigenvalue weighted by Crippen LogP contribution is 2.20. The second-order valence-electron chi connectivity index (χ2n) is 6.86. The van der Waals surface area contributed by atoms with Gasteiger partial charge in [0.2, 0.25) is 0 Å². The molecule has 3 aromatic rings. The average molecular weight is 406 g/mol. The summed E-state index contributed by atoms with van der Waals surface area (Å²) in [6.45, 7) is 2.74. The van der Waals surface area contributed by atoms with E-state index in [2.05, 4.69) is 15.0 Å². The van der Waals surface area contributed by atoms with Gasteiger partial charge < -0.3 is 20.3 Å². The van der Waals surface area contributed by atoms with Crippen LogP contribution in [0.2, 0.25) is 0 Å². The number of pyridine rings is 1. The predicted octanol–water partition coefficient (Wildman–Crippen LogP) is 1.60. The van der Waals surface area contributed by atoms with Crippen LogP contribution in [0.3, 0.4) is 0 Å². The van der Waals surface area contributed by atoms with Crippen LogP contribution >= 0.6 is 0 Å². The number of methoxy groups -OCH3 is 1. The summed E-state index contributed by atoms with van der Waals surface area (Å²) in [7, 11) is 1.29. The zero-order valence-corrected chi connectivity index (χ0v) is 16.6. The molecule has 9 nitrogen and oxygen atoms in total. The molecular weight excluding hydrogens is 384 g/mol. The average Bonchev–Trinajstić information content (AvgIpc) is 3.20. The monoisotopic (exact) mass is 406 g/mol. The fourth-order valence-corrected chi connectivity index (χ4v) is 3.44. The topological polar surface area (TPSA) is 107 Å². The Morgan fingerprint density at radius 1 is 1.03 bits per heavy atom. The summed E-state index contributed by atoms with van der Waals surface area (Å²) in [5, 5.41) is 4.14. The number of carbonyl (C=O) groups excluding carboxylic acids is 2. The van der Waals surface area contributed by atoms with Crippen LogP contribution < -0.4 is 10.6 Å². The number of nitrogens with zero attached hydrogens (tertiary/aromatic N) is 5. The number of carbonyl (C=O) groups is 2. The zero-order chi connectivity index (χ0) is 21.1. The maximum Gasteiger partial charge on any atom is 0.343 e. The Morgan fingerprint density at radius 2 is 1.77 bits per heavy atom. The number of aromatic nitrogens is 3. The summed E-state index contributed by atoms with van der Waals surface area (Å²) < 4.78 is 6.13. The van der Waals surface area contributed by atoms with Crippen molar-refractivity contribution in [2.75, 3.05) is 43.9 Å². The first kappa shape index (κ1) is 19.4. The molecule has 1 aliphatic rings. The van der Waals surface area contributed by atoms with Crippen molar-refractivity contribution >= 4 is 23.5 Å². The van der Waals surface area contributed by atoms with Gasteiger partial charge in [-0.2, -0.15) is 5.10 Å². The summed E-state index contributed by atoms with van der Waals surface area (Å²) >= 11 is 0. The van der Waals surface area contributed by atoms with Gasteiger partial charge in [0.05, 0.1) is 19.0 Å². The maximum absolute atomic E-state index is 12.9. The van der Waals surface area contributed by atoms with E-state index in [1.165, 1.54) is 18.0 Å². The molecule has 0 spiro atoms. The Labute approximate surface area is 173 Å². The van der Waals surface area contributed by atoms with E-state index < -0.39 is 5.97 Å². The lowest BCUT2D eigenvalue weighted by Gasteiger charge is -2.35. The largest absolute Gasteiger partial charge is 0.465 e. The van der Waals surface area contributed by atoms with E-state index in [4.69, 9.17) is 10.5 Å². The molecule has 1 aliphatic heterocycles. The highest BCUT2D eigenvalue weighted by molar-refractivity contribution is 5.95. The van der Waals surface area contributed by atoms with Crippen molar-refractivity contribution in [3.63, 3.8) is 0 Å². The van der Waals surface area contributed by atoms with E-state index in [-0.39, 0.29) is 17.3 Å². The first-order valence-electron chi connectivity index (χ1n) is 9.56. The Kier molecular flexibility index (Phi) is 5.34. The molecule has 3 heterocycles. The standard InChI is InChI=1S/C21H22N6O3/c1-30-21(29)17-14-24-27(19(17)22)16-7-5-15(6-8-16)20(28)26-12-10-25(11-13-26)18-4-2-3-9-23-18/h2-9,14H,10-13,22H2,1H3.